The molecule has 0 amide bonds. The van der Waals surface area contributed by atoms with Gasteiger partial charge in [-0.3, -0.25) is 0 Å². The van der Waals surface area contributed by atoms with Crippen LogP contribution in [0.2, 0.25) is 0 Å². The summed E-state index contributed by atoms with van der Waals surface area (Å²) >= 11 is 1.87. The summed E-state index contributed by atoms with van der Waals surface area (Å²) in [6.07, 6.45) is 2.31. The molecule has 2 heteroatoms. The van der Waals surface area contributed by atoms with Crippen molar-refractivity contribution in [2.24, 2.45) is 0 Å². The van der Waals surface area contributed by atoms with E-state index in [-0.39, 0.29) is 4.75 Å². The van der Waals surface area contributed by atoms with Crippen LogP contribution >= 0.6 is 11.8 Å². The molecule has 0 atom stereocenters. The molecule has 0 spiro atoms. The zero-order chi connectivity index (χ0) is 11.1. The van der Waals surface area contributed by atoms with Gasteiger partial charge in [0.15, 0.2) is 0 Å². The Morgan fingerprint density at radius 3 is 2.13 bits per heavy atom. The lowest BCUT2D eigenvalue weighted by Crippen LogP contribution is -2.09. The molecule has 1 aliphatic rings. The Labute approximate surface area is 95.9 Å². The Morgan fingerprint density at radius 2 is 1.73 bits per heavy atom. The number of hydrogen-bond donors (Lipinski definition) is 1. The zero-order valence-corrected chi connectivity index (χ0v) is 10.4. The highest BCUT2D eigenvalue weighted by Gasteiger charge is 2.43. The molecular weight excluding hydrogens is 204 g/mol. The standard InChI is InChI=1S/C13H18OS/c1-9-6-10(2)12(11(3)7-9)15-13(8-14)4-5-13/h6-7,14H,4-5,8H2,1-3H3. The first-order valence-corrected chi connectivity index (χ1v) is 6.26. The van der Waals surface area contributed by atoms with Gasteiger partial charge in [0.2, 0.25) is 0 Å². The van der Waals surface area contributed by atoms with Gasteiger partial charge in [0.1, 0.15) is 0 Å². The molecular formula is C13H18OS. The third-order valence-corrected chi connectivity index (χ3v) is 4.84. The maximum Gasteiger partial charge on any atom is 0.0581 e. The predicted octanol–water partition coefficient (Wildman–Crippen LogP) is 3.23. The maximum atomic E-state index is 9.33. The largest absolute Gasteiger partial charge is 0.395 e. The minimum absolute atomic E-state index is 0.144. The van der Waals surface area contributed by atoms with Crippen molar-refractivity contribution in [1.29, 1.82) is 0 Å². The van der Waals surface area contributed by atoms with Crippen LogP contribution in [0.4, 0.5) is 0 Å². The monoisotopic (exact) mass is 222 g/mol. The average Bonchev–Trinajstić information content (AvgIpc) is 2.92. The van der Waals surface area contributed by atoms with Gasteiger partial charge in [-0.2, -0.15) is 0 Å². The van der Waals surface area contributed by atoms with Gasteiger partial charge >= 0.3 is 0 Å². The highest BCUT2D eigenvalue weighted by Crippen LogP contribution is 2.52. The van der Waals surface area contributed by atoms with E-state index in [9.17, 15) is 5.11 Å². The van der Waals surface area contributed by atoms with Crippen molar-refractivity contribution >= 4 is 11.8 Å². The SMILES string of the molecule is Cc1cc(C)c(SC2(CO)CC2)c(C)c1. The van der Waals surface area contributed by atoms with E-state index in [1.54, 1.807) is 0 Å². The molecule has 1 aromatic carbocycles. The number of aryl methyl sites for hydroxylation is 3. The summed E-state index contributed by atoms with van der Waals surface area (Å²) in [4.78, 5) is 1.37. The second-order valence-corrected chi connectivity index (χ2v) is 6.15. The van der Waals surface area contributed by atoms with E-state index in [0.717, 1.165) is 12.8 Å². The fourth-order valence-corrected chi connectivity index (χ4v) is 3.22. The lowest BCUT2D eigenvalue weighted by atomic mass is 10.1. The number of aliphatic hydroxyl groups is 1. The summed E-state index contributed by atoms with van der Waals surface area (Å²) in [6.45, 7) is 6.77. The molecule has 0 saturated heterocycles. The van der Waals surface area contributed by atoms with E-state index >= 15 is 0 Å². The molecule has 1 nitrogen and oxygen atoms in total. The number of rotatable bonds is 3. The van der Waals surface area contributed by atoms with Crippen LogP contribution in [-0.2, 0) is 0 Å². The summed E-state index contributed by atoms with van der Waals surface area (Å²) in [5.74, 6) is 0. The molecule has 0 aromatic heterocycles. The Bertz CT molecular complexity index is 357. The number of benzene rings is 1. The highest BCUT2D eigenvalue weighted by atomic mass is 32.2. The number of aliphatic hydroxyl groups excluding tert-OH is 1. The van der Waals surface area contributed by atoms with Crippen LogP contribution in [0.3, 0.4) is 0 Å². The van der Waals surface area contributed by atoms with Gasteiger partial charge in [-0.1, -0.05) is 17.7 Å². The van der Waals surface area contributed by atoms with Crippen molar-refractivity contribution in [2.75, 3.05) is 6.61 Å². The molecule has 0 radical (unpaired) electrons. The Kier molecular flexibility index (Phi) is 2.82. The van der Waals surface area contributed by atoms with E-state index in [4.69, 9.17) is 0 Å². The molecule has 0 heterocycles. The Balaban J connectivity index is 2.28. The van der Waals surface area contributed by atoms with Crippen molar-refractivity contribution in [3.8, 4) is 0 Å². The van der Waals surface area contributed by atoms with Crippen LogP contribution in [0.5, 0.6) is 0 Å². The summed E-state index contributed by atoms with van der Waals surface area (Å²) < 4.78 is 0.144. The maximum absolute atomic E-state index is 9.33. The third kappa shape index (κ3) is 2.21. The molecule has 82 valence electrons. The number of thioether (sulfide) groups is 1. The molecule has 1 N–H and O–H groups in total. The van der Waals surface area contributed by atoms with Gasteiger partial charge in [0, 0.05) is 9.64 Å². The van der Waals surface area contributed by atoms with Gasteiger partial charge in [-0.05, 0) is 44.7 Å². The third-order valence-electron chi connectivity index (χ3n) is 3.02. The first kappa shape index (κ1) is 11.0. The molecule has 0 bridgehead atoms. The van der Waals surface area contributed by atoms with Crippen molar-refractivity contribution in [2.45, 2.75) is 43.3 Å². The number of hydrogen-bond acceptors (Lipinski definition) is 2. The second kappa shape index (κ2) is 3.84. The summed E-state index contributed by atoms with van der Waals surface area (Å²) in [7, 11) is 0. The fraction of sp³-hybridized carbons (Fsp3) is 0.538. The summed E-state index contributed by atoms with van der Waals surface area (Å²) in [5.41, 5.74) is 4.01. The van der Waals surface area contributed by atoms with Gasteiger partial charge in [-0.15, -0.1) is 11.8 Å². The Morgan fingerprint density at radius 1 is 1.20 bits per heavy atom. The van der Waals surface area contributed by atoms with Crippen LogP contribution < -0.4 is 0 Å². The molecule has 2 rings (SSSR count). The van der Waals surface area contributed by atoms with Crippen LogP contribution in [0.25, 0.3) is 0 Å². The Hall–Kier alpha value is -0.470. The topological polar surface area (TPSA) is 20.2 Å². The van der Waals surface area contributed by atoms with Crippen LogP contribution in [0.15, 0.2) is 17.0 Å². The molecule has 0 unspecified atom stereocenters. The van der Waals surface area contributed by atoms with Gasteiger partial charge in [0.05, 0.1) is 6.61 Å². The fourth-order valence-electron chi connectivity index (χ4n) is 1.98. The second-order valence-electron chi connectivity index (χ2n) is 4.67. The molecule has 1 aliphatic carbocycles. The predicted molar refractivity (Wildman–Crippen MR) is 65.6 cm³/mol. The lowest BCUT2D eigenvalue weighted by molar-refractivity contribution is 0.289. The minimum Gasteiger partial charge on any atom is -0.395 e. The minimum atomic E-state index is 0.144. The zero-order valence-electron chi connectivity index (χ0n) is 9.63. The van der Waals surface area contributed by atoms with E-state index in [0.29, 0.717) is 6.61 Å². The first-order valence-electron chi connectivity index (χ1n) is 5.44. The van der Waals surface area contributed by atoms with Crippen molar-refractivity contribution in [1.82, 2.24) is 0 Å². The summed E-state index contributed by atoms with van der Waals surface area (Å²) in [6, 6.07) is 4.45. The van der Waals surface area contributed by atoms with Crippen LogP contribution in [0, 0.1) is 20.8 Å². The van der Waals surface area contributed by atoms with Gasteiger partial charge in [-0.25, -0.2) is 0 Å². The first-order chi connectivity index (χ1) is 7.06. The van der Waals surface area contributed by atoms with E-state index in [1.807, 2.05) is 11.8 Å². The van der Waals surface area contributed by atoms with E-state index in [2.05, 4.69) is 32.9 Å². The molecule has 0 aliphatic heterocycles. The lowest BCUT2D eigenvalue weighted by Gasteiger charge is -2.16. The van der Waals surface area contributed by atoms with Crippen LogP contribution in [0.1, 0.15) is 29.5 Å². The van der Waals surface area contributed by atoms with Crippen LogP contribution in [-0.4, -0.2) is 16.5 Å². The molecule has 1 saturated carbocycles. The van der Waals surface area contributed by atoms with Gasteiger partial charge in [0.25, 0.3) is 0 Å². The van der Waals surface area contributed by atoms with Crippen molar-refractivity contribution in [3.05, 3.63) is 28.8 Å². The van der Waals surface area contributed by atoms with E-state index < -0.39 is 0 Å². The van der Waals surface area contributed by atoms with E-state index in [1.165, 1.54) is 21.6 Å². The van der Waals surface area contributed by atoms with Gasteiger partial charge < -0.3 is 5.11 Å². The molecule has 1 aromatic rings. The molecule has 1 fully saturated rings. The molecule has 15 heavy (non-hydrogen) atoms. The summed E-state index contributed by atoms with van der Waals surface area (Å²) in [5, 5.41) is 9.33. The average molecular weight is 222 g/mol. The normalized spacial score (nSPS) is 17.9. The smallest absolute Gasteiger partial charge is 0.0581 e. The highest BCUT2D eigenvalue weighted by molar-refractivity contribution is 8.01. The van der Waals surface area contributed by atoms with Crippen molar-refractivity contribution in [3.63, 3.8) is 0 Å². The quantitative estimate of drug-likeness (QED) is 0.847. The van der Waals surface area contributed by atoms with Crippen molar-refractivity contribution < 1.29 is 5.11 Å².